The van der Waals surface area contributed by atoms with E-state index in [0.29, 0.717) is 19.5 Å². The summed E-state index contributed by atoms with van der Waals surface area (Å²) in [4.78, 5) is 18.3. The van der Waals surface area contributed by atoms with Crippen molar-refractivity contribution in [1.29, 1.82) is 0 Å². The maximum atomic E-state index is 12.6. The highest BCUT2D eigenvalue weighted by Crippen LogP contribution is 2.24. The summed E-state index contributed by atoms with van der Waals surface area (Å²) in [6, 6.07) is 11.4. The summed E-state index contributed by atoms with van der Waals surface area (Å²) in [5, 5.41) is 10.3. The number of amides is 1. The molecule has 0 saturated carbocycles. The second-order valence-electron chi connectivity index (χ2n) is 6.17. The number of methoxy groups -OCH3 is 1. The molecule has 0 aliphatic carbocycles. The molecule has 0 radical (unpaired) electrons. The lowest BCUT2D eigenvalue weighted by molar-refractivity contribution is -0.129. The van der Waals surface area contributed by atoms with Gasteiger partial charge in [-0.25, -0.2) is 0 Å². The second kappa shape index (κ2) is 7.45. The molecule has 5 heteroatoms. The summed E-state index contributed by atoms with van der Waals surface area (Å²) in [5.74, 6) is 0.809. The van der Waals surface area contributed by atoms with Crippen LogP contribution in [0.15, 0.2) is 48.8 Å². The third kappa shape index (κ3) is 3.74. The maximum Gasteiger partial charge on any atom is 0.227 e. The fourth-order valence-electron chi connectivity index (χ4n) is 3.20. The van der Waals surface area contributed by atoms with E-state index in [1.54, 1.807) is 24.4 Å². The van der Waals surface area contributed by atoms with E-state index in [9.17, 15) is 9.90 Å². The van der Waals surface area contributed by atoms with Gasteiger partial charge in [-0.05, 0) is 30.2 Å². The highest BCUT2D eigenvalue weighted by molar-refractivity contribution is 5.79. The average Bonchev–Trinajstić information content (AvgIpc) is 2.97. The number of nitrogens with zero attached hydrogens (tertiary/aromatic N) is 2. The lowest BCUT2D eigenvalue weighted by Crippen LogP contribution is -2.31. The number of pyridine rings is 1. The molecule has 1 aliphatic heterocycles. The van der Waals surface area contributed by atoms with Crippen LogP contribution < -0.4 is 4.74 Å². The highest BCUT2D eigenvalue weighted by atomic mass is 16.5. The number of para-hydroxylation sites is 1. The van der Waals surface area contributed by atoms with Crippen molar-refractivity contribution in [1.82, 2.24) is 9.88 Å². The van der Waals surface area contributed by atoms with Gasteiger partial charge >= 0.3 is 0 Å². The molecular weight excluding hydrogens is 304 g/mol. The van der Waals surface area contributed by atoms with E-state index >= 15 is 0 Å². The number of aliphatic hydroxyl groups excluding tert-OH is 1. The minimum absolute atomic E-state index is 0.0239. The molecule has 0 bridgehead atoms. The molecule has 1 fully saturated rings. The number of benzene rings is 1. The Kier molecular flexibility index (Phi) is 5.11. The van der Waals surface area contributed by atoms with Gasteiger partial charge in [-0.1, -0.05) is 18.2 Å². The Morgan fingerprint density at radius 1 is 1.25 bits per heavy atom. The van der Waals surface area contributed by atoms with Gasteiger partial charge in [-0.2, -0.15) is 0 Å². The number of likely N-dealkylation sites (tertiary alicyclic amines) is 1. The normalized spacial score (nSPS) is 20.2. The zero-order valence-corrected chi connectivity index (χ0v) is 13.8. The van der Waals surface area contributed by atoms with E-state index in [0.717, 1.165) is 23.3 Å². The number of hydrogen-bond donors (Lipinski definition) is 1. The van der Waals surface area contributed by atoms with Crippen LogP contribution in [0.1, 0.15) is 11.1 Å². The monoisotopic (exact) mass is 326 g/mol. The molecule has 2 heterocycles. The highest BCUT2D eigenvalue weighted by Gasteiger charge is 2.34. The number of aromatic nitrogens is 1. The van der Waals surface area contributed by atoms with Gasteiger partial charge in [0.2, 0.25) is 5.91 Å². The minimum atomic E-state index is -0.486. The minimum Gasteiger partial charge on any atom is -0.496 e. The largest absolute Gasteiger partial charge is 0.496 e. The van der Waals surface area contributed by atoms with Gasteiger partial charge in [0.25, 0.3) is 0 Å². The van der Waals surface area contributed by atoms with Crippen LogP contribution in [-0.4, -0.2) is 47.2 Å². The standard InChI is InChI=1S/C19H22N2O3/c1-24-18-5-3-2-4-15(18)11-19(23)21-12-16(17(22)13-21)10-14-6-8-20-9-7-14/h2-9,16-17,22H,10-13H2,1H3/t16-,17+/m1/s1. The molecule has 5 nitrogen and oxygen atoms in total. The molecule has 126 valence electrons. The topological polar surface area (TPSA) is 62.7 Å². The lowest BCUT2D eigenvalue weighted by Gasteiger charge is -2.17. The second-order valence-corrected chi connectivity index (χ2v) is 6.17. The average molecular weight is 326 g/mol. The van der Waals surface area contributed by atoms with E-state index in [2.05, 4.69) is 4.98 Å². The van der Waals surface area contributed by atoms with Crippen molar-refractivity contribution in [3.8, 4) is 5.75 Å². The summed E-state index contributed by atoms with van der Waals surface area (Å²) in [6.07, 6.45) is 4.06. The molecule has 1 saturated heterocycles. The molecule has 1 aromatic heterocycles. The molecule has 3 rings (SSSR count). The summed E-state index contributed by atoms with van der Waals surface area (Å²) in [5.41, 5.74) is 2.00. The predicted molar refractivity (Wildman–Crippen MR) is 90.7 cm³/mol. The van der Waals surface area contributed by atoms with Crippen LogP contribution in [0.25, 0.3) is 0 Å². The van der Waals surface area contributed by atoms with Crippen LogP contribution in [0.5, 0.6) is 5.75 Å². The zero-order valence-electron chi connectivity index (χ0n) is 13.8. The van der Waals surface area contributed by atoms with Crippen molar-refractivity contribution in [2.75, 3.05) is 20.2 Å². The Morgan fingerprint density at radius 3 is 2.75 bits per heavy atom. The van der Waals surface area contributed by atoms with Crippen LogP contribution in [0.3, 0.4) is 0 Å². The van der Waals surface area contributed by atoms with Gasteiger partial charge in [0, 0.05) is 37.0 Å². The number of rotatable bonds is 5. The molecule has 2 aromatic rings. The fraction of sp³-hybridized carbons (Fsp3) is 0.368. The lowest BCUT2D eigenvalue weighted by atomic mass is 9.97. The molecule has 0 spiro atoms. The molecule has 1 aliphatic rings. The Hall–Kier alpha value is -2.40. The van der Waals surface area contributed by atoms with Crippen LogP contribution >= 0.6 is 0 Å². The van der Waals surface area contributed by atoms with Gasteiger partial charge in [0.15, 0.2) is 0 Å². The number of ether oxygens (including phenoxy) is 1. The summed E-state index contributed by atoms with van der Waals surface area (Å²) in [7, 11) is 1.60. The first-order valence-corrected chi connectivity index (χ1v) is 8.14. The van der Waals surface area contributed by atoms with Gasteiger partial charge in [0.1, 0.15) is 5.75 Å². The SMILES string of the molecule is COc1ccccc1CC(=O)N1C[C@@H](Cc2ccncc2)[C@@H](O)C1. The molecule has 24 heavy (non-hydrogen) atoms. The first kappa shape index (κ1) is 16.5. The van der Waals surface area contributed by atoms with Crippen LogP contribution in [0, 0.1) is 5.92 Å². The molecule has 2 atom stereocenters. The number of hydrogen-bond acceptors (Lipinski definition) is 4. The van der Waals surface area contributed by atoms with Gasteiger partial charge < -0.3 is 14.7 Å². The van der Waals surface area contributed by atoms with Crippen molar-refractivity contribution < 1.29 is 14.6 Å². The van der Waals surface area contributed by atoms with E-state index < -0.39 is 6.10 Å². The molecular formula is C19H22N2O3. The molecule has 1 amide bonds. The Balaban J connectivity index is 1.62. The van der Waals surface area contributed by atoms with Gasteiger partial charge in [-0.15, -0.1) is 0 Å². The summed E-state index contributed by atoms with van der Waals surface area (Å²) >= 11 is 0. The maximum absolute atomic E-state index is 12.6. The summed E-state index contributed by atoms with van der Waals surface area (Å²) < 4.78 is 5.30. The van der Waals surface area contributed by atoms with Crippen LogP contribution in [-0.2, 0) is 17.6 Å². The number of β-amino-alcohol motifs (C(OH)–C–C–N with tert-alkyl or cyclic N) is 1. The quantitative estimate of drug-likeness (QED) is 0.908. The smallest absolute Gasteiger partial charge is 0.227 e. The number of carbonyl (C=O) groups excluding carboxylic acids is 1. The predicted octanol–water partition coefficient (Wildman–Crippen LogP) is 1.69. The van der Waals surface area contributed by atoms with E-state index in [1.807, 2.05) is 36.4 Å². The Morgan fingerprint density at radius 2 is 2.00 bits per heavy atom. The van der Waals surface area contributed by atoms with Crippen molar-refractivity contribution >= 4 is 5.91 Å². The molecule has 1 aromatic carbocycles. The van der Waals surface area contributed by atoms with Crippen molar-refractivity contribution in [2.24, 2.45) is 5.92 Å². The Labute approximate surface area is 141 Å². The van der Waals surface area contributed by atoms with E-state index in [1.165, 1.54) is 0 Å². The zero-order chi connectivity index (χ0) is 16.9. The van der Waals surface area contributed by atoms with Crippen molar-refractivity contribution in [3.05, 3.63) is 59.9 Å². The van der Waals surface area contributed by atoms with Gasteiger partial charge in [-0.3, -0.25) is 9.78 Å². The number of carbonyl (C=O) groups is 1. The first-order valence-electron chi connectivity index (χ1n) is 8.14. The fourth-order valence-corrected chi connectivity index (χ4v) is 3.20. The Bertz CT molecular complexity index is 690. The van der Waals surface area contributed by atoms with Crippen LogP contribution in [0.4, 0.5) is 0 Å². The van der Waals surface area contributed by atoms with Crippen LogP contribution in [0.2, 0.25) is 0 Å². The summed E-state index contributed by atoms with van der Waals surface area (Å²) in [6.45, 7) is 0.973. The number of aliphatic hydroxyl groups is 1. The molecule has 1 N–H and O–H groups in total. The first-order chi connectivity index (χ1) is 11.7. The van der Waals surface area contributed by atoms with E-state index in [-0.39, 0.29) is 11.8 Å². The third-order valence-corrected chi connectivity index (χ3v) is 4.54. The third-order valence-electron chi connectivity index (χ3n) is 4.54. The molecule has 0 unspecified atom stereocenters. The van der Waals surface area contributed by atoms with E-state index in [4.69, 9.17) is 4.74 Å². The van der Waals surface area contributed by atoms with Crippen molar-refractivity contribution in [2.45, 2.75) is 18.9 Å². The van der Waals surface area contributed by atoms with Crippen molar-refractivity contribution in [3.63, 3.8) is 0 Å². The van der Waals surface area contributed by atoms with Gasteiger partial charge in [0.05, 0.1) is 19.6 Å².